The molecule has 1 aliphatic heterocycles. The number of likely N-dealkylation sites (tertiary alicyclic amines) is 1. The third-order valence-corrected chi connectivity index (χ3v) is 6.63. The average molecular weight is 433 g/mol. The molecule has 0 radical (unpaired) electrons. The lowest BCUT2D eigenvalue weighted by atomic mass is 10.1. The van der Waals surface area contributed by atoms with Gasteiger partial charge in [-0.1, -0.05) is 12.1 Å². The molecule has 8 heteroatoms. The topological polar surface area (TPSA) is 84.9 Å². The predicted octanol–water partition coefficient (Wildman–Crippen LogP) is 2.85. The number of methoxy groups -OCH3 is 2. The highest BCUT2D eigenvalue weighted by atomic mass is 32.2. The molecule has 0 saturated carbocycles. The van der Waals surface area contributed by atoms with E-state index < -0.39 is 10.0 Å². The SMILES string of the molecule is COc1cccc(CCCNS(=O)(=O)c2ccc(OC)c(C(=O)N3CCCC3)c2)c1. The van der Waals surface area contributed by atoms with Gasteiger partial charge in [0.15, 0.2) is 0 Å². The fourth-order valence-electron chi connectivity index (χ4n) is 3.52. The van der Waals surface area contributed by atoms with Gasteiger partial charge in [0.2, 0.25) is 10.0 Å². The fourth-order valence-corrected chi connectivity index (χ4v) is 4.62. The number of ether oxygens (including phenoxy) is 2. The Bertz CT molecular complexity index is 985. The van der Waals surface area contributed by atoms with Crippen LogP contribution in [0.15, 0.2) is 47.4 Å². The lowest BCUT2D eigenvalue weighted by molar-refractivity contribution is 0.0789. The largest absolute Gasteiger partial charge is 0.497 e. The number of carbonyl (C=O) groups excluding carboxylic acids is 1. The minimum Gasteiger partial charge on any atom is -0.497 e. The molecule has 162 valence electrons. The molecule has 1 heterocycles. The Morgan fingerprint density at radius 1 is 1.07 bits per heavy atom. The molecule has 0 spiro atoms. The van der Waals surface area contributed by atoms with Gasteiger partial charge in [-0.25, -0.2) is 13.1 Å². The monoisotopic (exact) mass is 432 g/mol. The zero-order valence-corrected chi connectivity index (χ0v) is 18.2. The number of sulfonamides is 1. The van der Waals surface area contributed by atoms with Crippen molar-refractivity contribution in [3.05, 3.63) is 53.6 Å². The molecule has 0 bridgehead atoms. The number of nitrogens with one attached hydrogen (secondary N) is 1. The van der Waals surface area contributed by atoms with E-state index >= 15 is 0 Å². The first-order chi connectivity index (χ1) is 14.4. The predicted molar refractivity (Wildman–Crippen MR) is 115 cm³/mol. The van der Waals surface area contributed by atoms with Crippen molar-refractivity contribution in [2.24, 2.45) is 0 Å². The molecule has 7 nitrogen and oxygen atoms in total. The van der Waals surface area contributed by atoms with E-state index in [-0.39, 0.29) is 16.4 Å². The van der Waals surface area contributed by atoms with Gasteiger partial charge in [0.1, 0.15) is 11.5 Å². The molecule has 2 aromatic rings. The Labute approximate surface area is 178 Å². The van der Waals surface area contributed by atoms with Gasteiger partial charge in [0, 0.05) is 19.6 Å². The molecule has 0 aliphatic carbocycles. The first kappa shape index (κ1) is 22.1. The number of aryl methyl sites for hydroxylation is 1. The van der Waals surface area contributed by atoms with E-state index in [0.717, 1.165) is 30.6 Å². The first-order valence-electron chi connectivity index (χ1n) is 10.0. The molecule has 1 aliphatic rings. The third-order valence-electron chi connectivity index (χ3n) is 5.17. The smallest absolute Gasteiger partial charge is 0.257 e. The molecule has 3 rings (SSSR count). The van der Waals surface area contributed by atoms with Crippen molar-refractivity contribution in [2.45, 2.75) is 30.6 Å². The number of nitrogens with zero attached hydrogens (tertiary/aromatic N) is 1. The van der Waals surface area contributed by atoms with Crippen molar-refractivity contribution in [3.8, 4) is 11.5 Å². The summed E-state index contributed by atoms with van der Waals surface area (Å²) in [6.45, 7) is 1.66. The van der Waals surface area contributed by atoms with Crippen LogP contribution in [-0.4, -0.2) is 53.1 Å². The van der Waals surface area contributed by atoms with Crippen LogP contribution in [0.1, 0.15) is 35.2 Å². The quantitative estimate of drug-likeness (QED) is 0.616. The fraction of sp³-hybridized carbons (Fsp3) is 0.409. The van der Waals surface area contributed by atoms with Gasteiger partial charge in [0.25, 0.3) is 5.91 Å². The van der Waals surface area contributed by atoms with Gasteiger partial charge < -0.3 is 14.4 Å². The number of hydrogen-bond donors (Lipinski definition) is 1. The van der Waals surface area contributed by atoms with Crippen LogP contribution >= 0.6 is 0 Å². The molecule has 1 N–H and O–H groups in total. The van der Waals surface area contributed by atoms with Crippen LogP contribution in [0.4, 0.5) is 0 Å². The standard InChI is InChI=1S/C22H28N2O5S/c1-28-18-9-5-7-17(15-18)8-6-12-23-30(26,27)19-10-11-21(29-2)20(16-19)22(25)24-13-3-4-14-24/h5,7,9-11,15-16,23H,3-4,6,8,12-14H2,1-2H3. The Hall–Kier alpha value is -2.58. The maximum atomic E-state index is 12.8. The van der Waals surface area contributed by atoms with Crippen LogP contribution in [0.3, 0.4) is 0 Å². The van der Waals surface area contributed by atoms with Crippen molar-refractivity contribution in [3.63, 3.8) is 0 Å². The average Bonchev–Trinajstić information content (AvgIpc) is 3.31. The van der Waals surface area contributed by atoms with Gasteiger partial charge in [-0.05, 0) is 61.6 Å². The molecule has 2 aromatic carbocycles. The summed E-state index contributed by atoms with van der Waals surface area (Å²) < 4.78 is 38.6. The van der Waals surface area contributed by atoms with Crippen LogP contribution in [0.2, 0.25) is 0 Å². The van der Waals surface area contributed by atoms with Crippen molar-refractivity contribution < 1.29 is 22.7 Å². The summed E-state index contributed by atoms with van der Waals surface area (Å²) in [6, 6.07) is 12.1. The molecule has 30 heavy (non-hydrogen) atoms. The van der Waals surface area contributed by atoms with E-state index in [1.54, 1.807) is 12.0 Å². The van der Waals surface area contributed by atoms with Gasteiger partial charge in [-0.15, -0.1) is 0 Å². The molecule has 1 amide bonds. The summed E-state index contributed by atoms with van der Waals surface area (Å²) in [4.78, 5) is 14.6. The van der Waals surface area contributed by atoms with Crippen molar-refractivity contribution in [2.75, 3.05) is 33.9 Å². The van der Waals surface area contributed by atoms with Crippen LogP contribution in [0.5, 0.6) is 11.5 Å². The summed E-state index contributed by atoms with van der Waals surface area (Å²) in [6.07, 6.45) is 3.28. The molecule has 0 unspecified atom stereocenters. The molecular formula is C22H28N2O5S. The van der Waals surface area contributed by atoms with Crippen molar-refractivity contribution in [1.29, 1.82) is 0 Å². The molecule has 0 atom stereocenters. The van der Waals surface area contributed by atoms with Crippen molar-refractivity contribution in [1.82, 2.24) is 9.62 Å². The number of rotatable bonds is 9. The van der Waals surface area contributed by atoms with E-state index in [2.05, 4.69) is 4.72 Å². The second-order valence-electron chi connectivity index (χ2n) is 7.21. The Morgan fingerprint density at radius 3 is 2.53 bits per heavy atom. The van der Waals surface area contributed by atoms with Crippen LogP contribution in [-0.2, 0) is 16.4 Å². The van der Waals surface area contributed by atoms with Crippen LogP contribution in [0.25, 0.3) is 0 Å². The lowest BCUT2D eigenvalue weighted by Crippen LogP contribution is -2.29. The molecule has 1 fully saturated rings. The number of amides is 1. The molecule has 0 aromatic heterocycles. The highest BCUT2D eigenvalue weighted by Crippen LogP contribution is 2.25. The van der Waals surface area contributed by atoms with Gasteiger partial charge >= 0.3 is 0 Å². The Balaban J connectivity index is 1.66. The number of carbonyl (C=O) groups is 1. The number of benzene rings is 2. The summed E-state index contributed by atoms with van der Waals surface area (Å²) >= 11 is 0. The van der Waals surface area contributed by atoms with E-state index in [0.29, 0.717) is 31.8 Å². The summed E-state index contributed by atoms with van der Waals surface area (Å²) in [5, 5.41) is 0. The highest BCUT2D eigenvalue weighted by Gasteiger charge is 2.25. The summed E-state index contributed by atoms with van der Waals surface area (Å²) in [5.41, 5.74) is 1.36. The zero-order chi connectivity index (χ0) is 21.6. The summed E-state index contributed by atoms with van der Waals surface area (Å²) in [5.74, 6) is 0.963. The maximum absolute atomic E-state index is 12.8. The number of hydrogen-bond acceptors (Lipinski definition) is 5. The normalized spacial score (nSPS) is 14.0. The molecular weight excluding hydrogens is 404 g/mol. The second kappa shape index (κ2) is 9.95. The zero-order valence-electron chi connectivity index (χ0n) is 17.4. The first-order valence-corrected chi connectivity index (χ1v) is 11.5. The highest BCUT2D eigenvalue weighted by molar-refractivity contribution is 7.89. The van der Waals surface area contributed by atoms with Gasteiger partial charge in [0.05, 0.1) is 24.7 Å². The molecule has 1 saturated heterocycles. The van der Waals surface area contributed by atoms with Gasteiger partial charge in [-0.3, -0.25) is 4.79 Å². The summed E-state index contributed by atoms with van der Waals surface area (Å²) in [7, 11) is -0.644. The Kier molecular flexibility index (Phi) is 7.33. The lowest BCUT2D eigenvalue weighted by Gasteiger charge is -2.18. The van der Waals surface area contributed by atoms with Crippen molar-refractivity contribution >= 4 is 15.9 Å². The second-order valence-corrected chi connectivity index (χ2v) is 8.98. The van der Waals surface area contributed by atoms with Crippen LogP contribution < -0.4 is 14.2 Å². The van der Waals surface area contributed by atoms with E-state index in [4.69, 9.17) is 9.47 Å². The van der Waals surface area contributed by atoms with E-state index in [1.165, 1.54) is 25.3 Å². The van der Waals surface area contributed by atoms with E-state index in [1.807, 2.05) is 24.3 Å². The minimum atomic E-state index is -3.73. The third kappa shape index (κ3) is 5.31. The maximum Gasteiger partial charge on any atom is 0.257 e. The van der Waals surface area contributed by atoms with Gasteiger partial charge in [-0.2, -0.15) is 0 Å². The van der Waals surface area contributed by atoms with E-state index in [9.17, 15) is 13.2 Å². The minimum absolute atomic E-state index is 0.0622. The Morgan fingerprint density at radius 2 is 1.83 bits per heavy atom. The van der Waals surface area contributed by atoms with Crippen LogP contribution in [0, 0.1) is 0 Å².